The van der Waals surface area contributed by atoms with E-state index < -0.39 is 11.2 Å². The van der Waals surface area contributed by atoms with Gasteiger partial charge >= 0.3 is 0 Å². The molecule has 1 atom stereocenters. The summed E-state index contributed by atoms with van der Waals surface area (Å²) in [5.74, 6) is 0.0400. The Kier molecular flexibility index (Phi) is 3.90. The van der Waals surface area contributed by atoms with E-state index in [1.807, 2.05) is 32.0 Å². The number of hydrogen-bond acceptors (Lipinski definition) is 5. The predicted molar refractivity (Wildman–Crippen MR) is 73.7 cm³/mol. The van der Waals surface area contributed by atoms with Gasteiger partial charge in [0.25, 0.3) is 5.22 Å². The molecular weight excluding hydrogens is 262 g/mol. The second-order valence-corrected chi connectivity index (χ2v) is 5.63. The van der Waals surface area contributed by atoms with Gasteiger partial charge in [-0.2, -0.15) is 0 Å². The van der Waals surface area contributed by atoms with E-state index in [2.05, 4.69) is 10.2 Å². The smallest absolute Gasteiger partial charge is 0.277 e. The van der Waals surface area contributed by atoms with E-state index in [9.17, 15) is 4.79 Å². The fourth-order valence-corrected chi connectivity index (χ4v) is 2.09. The monoisotopic (exact) mass is 277 g/mol. The minimum atomic E-state index is -0.407. The molecule has 2 N–H and O–H groups in total. The molecule has 0 radical (unpaired) electrons. The number of nitrogens with zero attached hydrogens (tertiary/aromatic N) is 2. The van der Waals surface area contributed by atoms with Crippen LogP contribution in [0.5, 0.6) is 0 Å². The van der Waals surface area contributed by atoms with Gasteiger partial charge < -0.3 is 10.2 Å². The van der Waals surface area contributed by atoms with Crippen LogP contribution in [0.15, 0.2) is 27.8 Å². The van der Waals surface area contributed by atoms with Crippen LogP contribution in [0.4, 0.5) is 0 Å². The van der Waals surface area contributed by atoms with E-state index in [0.717, 1.165) is 22.9 Å². The molecule has 0 aliphatic carbocycles. The minimum Gasteiger partial charge on any atom is -0.411 e. The van der Waals surface area contributed by atoms with Gasteiger partial charge in [0.15, 0.2) is 0 Å². The van der Waals surface area contributed by atoms with Crippen molar-refractivity contribution in [2.45, 2.75) is 31.2 Å². The summed E-state index contributed by atoms with van der Waals surface area (Å²) in [4.78, 5) is 11.0. The van der Waals surface area contributed by atoms with E-state index in [1.165, 1.54) is 5.56 Å². The molecule has 0 aliphatic rings. The number of benzene rings is 1. The Hall–Kier alpha value is -1.82. The Morgan fingerprint density at radius 3 is 2.68 bits per heavy atom. The van der Waals surface area contributed by atoms with Crippen LogP contribution in [0.2, 0.25) is 0 Å². The number of nitrogens with two attached hydrogens (primary N) is 1. The molecule has 100 valence electrons. The van der Waals surface area contributed by atoms with Crippen LogP contribution in [-0.4, -0.2) is 21.4 Å². The summed E-state index contributed by atoms with van der Waals surface area (Å²) in [5, 5.41) is 7.84. The van der Waals surface area contributed by atoms with E-state index in [1.54, 1.807) is 6.92 Å². The van der Waals surface area contributed by atoms with E-state index in [4.69, 9.17) is 10.2 Å². The van der Waals surface area contributed by atoms with E-state index >= 15 is 0 Å². The Morgan fingerprint density at radius 2 is 2.05 bits per heavy atom. The Morgan fingerprint density at radius 1 is 1.32 bits per heavy atom. The van der Waals surface area contributed by atoms with Crippen molar-refractivity contribution in [3.63, 3.8) is 0 Å². The summed E-state index contributed by atoms with van der Waals surface area (Å²) in [6, 6.07) is 5.93. The Balaban J connectivity index is 2.20. The van der Waals surface area contributed by atoms with Gasteiger partial charge in [0.2, 0.25) is 11.8 Å². The second kappa shape index (κ2) is 5.44. The van der Waals surface area contributed by atoms with Crippen molar-refractivity contribution in [3.05, 3.63) is 29.3 Å². The zero-order valence-electron chi connectivity index (χ0n) is 11.0. The third-order valence-electron chi connectivity index (χ3n) is 2.84. The third-order valence-corrected chi connectivity index (χ3v) is 3.79. The molecule has 2 rings (SSSR count). The molecule has 1 aromatic carbocycles. The second-order valence-electron chi connectivity index (χ2n) is 4.33. The molecule has 19 heavy (non-hydrogen) atoms. The normalized spacial score (nSPS) is 12.4. The SMILES string of the molecule is Cc1ccc(-c2nnc(SC(C)C(N)=O)o2)cc1C. The number of carbonyl (C=O) groups excluding carboxylic acids is 1. The maximum atomic E-state index is 11.0. The number of carbonyl (C=O) groups is 1. The molecule has 0 saturated heterocycles. The van der Waals surface area contributed by atoms with Crippen molar-refractivity contribution in [2.75, 3.05) is 0 Å². The highest BCUT2D eigenvalue weighted by Crippen LogP contribution is 2.26. The molecule has 6 heteroatoms. The lowest BCUT2D eigenvalue weighted by molar-refractivity contribution is -0.117. The average Bonchev–Trinajstić information content (AvgIpc) is 2.81. The fraction of sp³-hybridized carbons (Fsp3) is 0.308. The molecule has 0 saturated carbocycles. The standard InChI is InChI=1S/C13H15N3O2S/c1-7-4-5-10(6-8(7)2)12-15-16-13(18-12)19-9(3)11(14)17/h4-6,9H,1-3H3,(H2,14,17). The molecule has 0 bridgehead atoms. The Bertz CT molecular complexity index is 610. The number of amides is 1. The van der Waals surface area contributed by atoms with Crippen molar-refractivity contribution in [3.8, 4) is 11.5 Å². The molecule has 2 aromatic rings. The van der Waals surface area contributed by atoms with Crippen LogP contribution in [0.1, 0.15) is 18.1 Å². The highest BCUT2D eigenvalue weighted by atomic mass is 32.2. The first-order chi connectivity index (χ1) is 8.97. The first-order valence-electron chi connectivity index (χ1n) is 5.84. The molecular formula is C13H15N3O2S. The number of primary amides is 1. The van der Waals surface area contributed by atoms with E-state index in [0.29, 0.717) is 11.1 Å². The number of hydrogen-bond donors (Lipinski definition) is 1. The van der Waals surface area contributed by atoms with Crippen LogP contribution in [0.3, 0.4) is 0 Å². The van der Waals surface area contributed by atoms with Crippen LogP contribution < -0.4 is 5.73 Å². The summed E-state index contributed by atoms with van der Waals surface area (Å²) < 4.78 is 5.52. The zero-order chi connectivity index (χ0) is 14.0. The summed E-state index contributed by atoms with van der Waals surface area (Å²) in [6.45, 7) is 5.77. The summed E-state index contributed by atoms with van der Waals surface area (Å²) in [6.07, 6.45) is 0. The van der Waals surface area contributed by atoms with Crippen molar-refractivity contribution >= 4 is 17.7 Å². The van der Waals surface area contributed by atoms with Crippen LogP contribution in [0.25, 0.3) is 11.5 Å². The highest BCUT2D eigenvalue weighted by molar-refractivity contribution is 8.00. The zero-order valence-corrected chi connectivity index (χ0v) is 11.8. The summed E-state index contributed by atoms with van der Waals surface area (Å²) in [5.41, 5.74) is 8.43. The van der Waals surface area contributed by atoms with Crippen LogP contribution in [0, 0.1) is 13.8 Å². The number of thioether (sulfide) groups is 1. The maximum absolute atomic E-state index is 11.0. The van der Waals surface area contributed by atoms with Crippen molar-refractivity contribution in [1.29, 1.82) is 0 Å². The first-order valence-corrected chi connectivity index (χ1v) is 6.72. The Labute approximate surface area is 115 Å². The number of aryl methyl sites for hydroxylation is 2. The van der Waals surface area contributed by atoms with Gasteiger partial charge in [-0.1, -0.05) is 17.8 Å². The van der Waals surface area contributed by atoms with Gasteiger partial charge in [0.1, 0.15) is 0 Å². The third kappa shape index (κ3) is 3.14. The average molecular weight is 277 g/mol. The maximum Gasteiger partial charge on any atom is 0.277 e. The minimum absolute atomic E-state index is 0.347. The van der Waals surface area contributed by atoms with Gasteiger partial charge in [-0.05, 0) is 44.0 Å². The van der Waals surface area contributed by atoms with Gasteiger partial charge in [-0.15, -0.1) is 10.2 Å². The van der Waals surface area contributed by atoms with Crippen LogP contribution in [-0.2, 0) is 4.79 Å². The highest BCUT2D eigenvalue weighted by Gasteiger charge is 2.16. The van der Waals surface area contributed by atoms with Crippen molar-refractivity contribution < 1.29 is 9.21 Å². The molecule has 5 nitrogen and oxygen atoms in total. The van der Waals surface area contributed by atoms with Crippen molar-refractivity contribution in [2.24, 2.45) is 5.73 Å². The predicted octanol–water partition coefficient (Wildman–Crippen LogP) is 2.32. The number of aromatic nitrogens is 2. The molecule has 0 aliphatic heterocycles. The quantitative estimate of drug-likeness (QED) is 0.867. The van der Waals surface area contributed by atoms with Crippen molar-refractivity contribution in [1.82, 2.24) is 10.2 Å². The lowest BCUT2D eigenvalue weighted by Crippen LogP contribution is -2.22. The van der Waals surface area contributed by atoms with Gasteiger partial charge in [0, 0.05) is 5.56 Å². The first kappa shape index (κ1) is 13.6. The summed E-state index contributed by atoms with van der Waals surface area (Å²) >= 11 is 1.16. The lowest BCUT2D eigenvalue weighted by atomic mass is 10.1. The summed E-state index contributed by atoms with van der Waals surface area (Å²) in [7, 11) is 0. The molecule has 1 aromatic heterocycles. The largest absolute Gasteiger partial charge is 0.411 e. The molecule has 0 fully saturated rings. The fourth-order valence-electron chi connectivity index (χ4n) is 1.46. The van der Waals surface area contributed by atoms with Gasteiger partial charge in [-0.25, -0.2) is 0 Å². The number of rotatable bonds is 4. The van der Waals surface area contributed by atoms with Crippen LogP contribution >= 0.6 is 11.8 Å². The lowest BCUT2D eigenvalue weighted by Gasteiger charge is -2.02. The van der Waals surface area contributed by atoms with Gasteiger partial charge in [0.05, 0.1) is 5.25 Å². The molecule has 1 unspecified atom stereocenters. The van der Waals surface area contributed by atoms with E-state index in [-0.39, 0.29) is 0 Å². The molecule has 0 spiro atoms. The van der Waals surface area contributed by atoms with Gasteiger partial charge in [-0.3, -0.25) is 4.79 Å². The molecule has 1 heterocycles. The molecule has 1 amide bonds. The topological polar surface area (TPSA) is 82.0 Å².